The molecule has 0 spiro atoms. The molecular formula is C18H19ClN2O5S. The van der Waals surface area contributed by atoms with E-state index in [1.807, 2.05) is 0 Å². The number of carbonyl (C=O) groups is 2. The van der Waals surface area contributed by atoms with Gasteiger partial charge < -0.3 is 15.4 Å². The van der Waals surface area contributed by atoms with Gasteiger partial charge in [0.05, 0.1) is 29.4 Å². The molecule has 144 valence electrons. The van der Waals surface area contributed by atoms with Crippen LogP contribution in [-0.4, -0.2) is 39.7 Å². The van der Waals surface area contributed by atoms with Crippen molar-refractivity contribution in [2.45, 2.75) is 11.8 Å². The van der Waals surface area contributed by atoms with Crippen molar-refractivity contribution in [2.75, 3.05) is 30.0 Å². The fourth-order valence-corrected chi connectivity index (χ4v) is 3.87. The molecule has 1 amide bonds. The zero-order valence-corrected chi connectivity index (χ0v) is 16.4. The van der Waals surface area contributed by atoms with Crippen LogP contribution in [0.1, 0.15) is 17.3 Å². The molecule has 9 heteroatoms. The van der Waals surface area contributed by atoms with Crippen molar-refractivity contribution < 1.29 is 22.7 Å². The Bertz CT molecular complexity index is 943. The van der Waals surface area contributed by atoms with Crippen LogP contribution in [0, 0.1) is 0 Å². The highest BCUT2D eigenvalue weighted by atomic mass is 35.5. The normalized spacial score (nSPS) is 10.9. The van der Waals surface area contributed by atoms with E-state index in [4.69, 9.17) is 16.3 Å². The largest absolute Gasteiger partial charge is 0.462 e. The zero-order valence-electron chi connectivity index (χ0n) is 14.8. The Labute approximate surface area is 162 Å². The van der Waals surface area contributed by atoms with E-state index in [0.29, 0.717) is 11.3 Å². The summed E-state index contributed by atoms with van der Waals surface area (Å²) in [4.78, 5) is 23.6. The molecule has 0 aliphatic carbocycles. The molecule has 0 aliphatic heterocycles. The molecule has 0 unspecified atom stereocenters. The molecule has 0 aromatic heterocycles. The number of sulfone groups is 1. The standard InChI is InChI=1S/C18H19ClN2O5S/c1-3-26-18(23)12-7-9-13(10-8-12)21-16(22)11-20-15-6-4-5-14(19)17(15)27(2,24)25/h4-10,20H,3,11H2,1-2H3,(H,21,22). The van der Waals surface area contributed by atoms with E-state index in [-0.39, 0.29) is 28.8 Å². The lowest BCUT2D eigenvalue weighted by molar-refractivity contribution is -0.114. The number of amides is 1. The Morgan fingerprint density at radius 2 is 1.78 bits per heavy atom. The number of ether oxygens (including phenoxy) is 1. The first-order valence-corrected chi connectivity index (χ1v) is 10.3. The van der Waals surface area contributed by atoms with E-state index in [0.717, 1.165) is 6.26 Å². The number of carbonyl (C=O) groups excluding carboxylic acids is 2. The molecule has 0 saturated carbocycles. The molecule has 2 aromatic carbocycles. The van der Waals surface area contributed by atoms with Crippen molar-refractivity contribution in [1.29, 1.82) is 0 Å². The summed E-state index contributed by atoms with van der Waals surface area (Å²) in [7, 11) is -3.56. The van der Waals surface area contributed by atoms with E-state index in [1.165, 1.54) is 12.1 Å². The van der Waals surface area contributed by atoms with Crippen LogP contribution in [0.25, 0.3) is 0 Å². The Morgan fingerprint density at radius 1 is 1.11 bits per heavy atom. The van der Waals surface area contributed by atoms with E-state index in [1.54, 1.807) is 37.3 Å². The molecule has 0 fully saturated rings. The van der Waals surface area contributed by atoms with Crippen LogP contribution in [-0.2, 0) is 19.4 Å². The number of benzene rings is 2. The predicted octanol–water partition coefficient (Wildman–Crippen LogP) is 2.97. The van der Waals surface area contributed by atoms with E-state index < -0.39 is 21.7 Å². The van der Waals surface area contributed by atoms with Crippen molar-refractivity contribution in [3.63, 3.8) is 0 Å². The third-order valence-corrected chi connectivity index (χ3v) is 5.07. The van der Waals surface area contributed by atoms with Gasteiger partial charge in [0.25, 0.3) is 0 Å². The van der Waals surface area contributed by atoms with Crippen molar-refractivity contribution >= 4 is 44.7 Å². The Hall–Kier alpha value is -2.58. The van der Waals surface area contributed by atoms with Crippen LogP contribution in [0.2, 0.25) is 5.02 Å². The Balaban J connectivity index is 2.02. The number of anilines is 2. The maximum Gasteiger partial charge on any atom is 0.338 e. The quantitative estimate of drug-likeness (QED) is 0.680. The van der Waals surface area contributed by atoms with Crippen molar-refractivity contribution in [1.82, 2.24) is 0 Å². The van der Waals surface area contributed by atoms with Gasteiger partial charge in [-0.15, -0.1) is 0 Å². The minimum atomic E-state index is -3.56. The molecule has 0 radical (unpaired) electrons. The summed E-state index contributed by atoms with van der Waals surface area (Å²) in [5.41, 5.74) is 1.12. The van der Waals surface area contributed by atoms with Gasteiger partial charge in [-0.05, 0) is 43.3 Å². The van der Waals surface area contributed by atoms with Crippen LogP contribution in [0.4, 0.5) is 11.4 Å². The molecule has 0 atom stereocenters. The van der Waals surface area contributed by atoms with Gasteiger partial charge in [0.15, 0.2) is 9.84 Å². The third-order valence-electron chi connectivity index (χ3n) is 3.46. The molecule has 7 nitrogen and oxygen atoms in total. The van der Waals surface area contributed by atoms with Crippen LogP contribution < -0.4 is 10.6 Å². The Morgan fingerprint density at radius 3 is 2.37 bits per heavy atom. The van der Waals surface area contributed by atoms with Crippen molar-refractivity contribution in [3.05, 3.63) is 53.1 Å². The first-order chi connectivity index (χ1) is 12.7. The second kappa shape index (κ2) is 8.88. The highest BCUT2D eigenvalue weighted by Crippen LogP contribution is 2.29. The molecular weight excluding hydrogens is 392 g/mol. The number of esters is 1. The highest BCUT2D eigenvalue weighted by Gasteiger charge is 2.18. The van der Waals surface area contributed by atoms with Crippen LogP contribution >= 0.6 is 11.6 Å². The summed E-state index contributed by atoms with van der Waals surface area (Å²) >= 11 is 5.96. The second-order valence-electron chi connectivity index (χ2n) is 5.59. The summed E-state index contributed by atoms with van der Waals surface area (Å²) in [5.74, 6) is -0.829. The van der Waals surface area contributed by atoms with Gasteiger partial charge in [0.2, 0.25) is 5.91 Å². The van der Waals surface area contributed by atoms with E-state index in [9.17, 15) is 18.0 Å². The molecule has 27 heavy (non-hydrogen) atoms. The summed E-state index contributed by atoms with van der Waals surface area (Å²) in [6, 6.07) is 10.8. The smallest absolute Gasteiger partial charge is 0.338 e. The summed E-state index contributed by atoms with van der Waals surface area (Å²) in [5, 5.41) is 5.51. The van der Waals surface area contributed by atoms with Gasteiger partial charge in [-0.3, -0.25) is 4.79 Å². The summed E-state index contributed by atoms with van der Waals surface area (Å²) in [6.45, 7) is 1.83. The summed E-state index contributed by atoms with van der Waals surface area (Å²) in [6.07, 6.45) is 1.05. The molecule has 2 rings (SSSR count). The zero-order chi connectivity index (χ0) is 20.0. The molecule has 0 bridgehead atoms. The molecule has 2 N–H and O–H groups in total. The number of hydrogen-bond donors (Lipinski definition) is 2. The maximum absolute atomic E-state index is 12.1. The lowest BCUT2D eigenvalue weighted by Crippen LogP contribution is -2.22. The summed E-state index contributed by atoms with van der Waals surface area (Å²) < 4.78 is 28.7. The van der Waals surface area contributed by atoms with Gasteiger partial charge in [-0.25, -0.2) is 13.2 Å². The maximum atomic E-state index is 12.1. The van der Waals surface area contributed by atoms with E-state index >= 15 is 0 Å². The van der Waals surface area contributed by atoms with Gasteiger partial charge in [0, 0.05) is 11.9 Å². The second-order valence-corrected chi connectivity index (χ2v) is 7.95. The molecule has 0 saturated heterocycles. The van der Waals surface area contributed by atoms with Gasteiger partial charge in [-0.1, -0.05) is 17.7 Å². The minimum absolute atomic E-state index is 0.0572. The van der Waals surface area contributed by atoms with Crippen molar-refractivity contribution in [3.8, 4) is 0 Å². The number of hydrogen-bond acceptors (Lipinski definition) is 6. The number of rotatable bonds is 7. The SMILES string of the molecule is CCOC(=O)c1ccc(NC(=O)CNc2cccc(Cl)c2S(C)(=O)=O)cc1. The van der Waals surface area contributed by atoms with Gasteiger partial charge >= 0.3 is 5.97 Å². The Kier molecular flexibility index (Phi) is 6.81. The van der Waals surface area contributed by atoms with E-state index in [2.05, 4.69) is 10.6 Å². The fraction of sp³-hybridized carbons (Fsp3) is 0.222. The van der Waals surface area contributed by atoms with Gasteiger partial charge in [0.1, 0.15) is 4.90 Å². The molecule has 2 aromatic rings. The first-order valence-electron chi connectivity index (χ1n) is 8.02. The number of nitrogens with one attached hydrogen (secondary N) is 2. The van der Waals surface area contributed by atoms with Crippen LogP contribution in [0.3, 0.4) is 0 Å². The predicted molar refractivity (Wildman–Crippen MR) is 104 cm³/mol. The van der Waals surface area contributed by atoms with Crippen molar-refractivity contribution in [2.24, 2.45) is 0 Å². The lowest BCUT2D eigenvalue weighted by atomic mass is 10.2. The number of halogens is 1. The molecule has 0 heterocycles. The highest BCUT2D eigenvalue weighted by molar-refractivity contribution is 7.91. The molecule has 0 aliphatic rings. The van der Waals surface area contributed by atoms with Crippen LogP contribution in [0.5, 0.6) is 0 Å². The average molecular weight is 411 g/mol. The lowest BCUT2D eigenvalue weighted by Gasteiger charge is -2.12. The average Bonchev–Trinajstić information content (AvgIpc) is 2.59. The first kappa shape index (κ1) is 20.7. The fourth-order valence-electron chi connectivity index (χ4n) is 2.31. The topological polar surface area (TPSA) is 102 Å². The third kappa shape index (κ3) is 5.70. The monoisotopic (exact) mass is 410 g/mol. The van der Waals surface area contributed by atoms with Crippen LogP contribution in [0.15, 0.2) is 47.4 Å². The minimum Gasteiger partial charge on any atom is -0.462 e. The van der Waals surface area contributed by atoms with Gasteiger partial charge in [-0.2, -0.15) is 0 Å².